The highest BCUT2D eigenvalue weighted by Gasteiger charge is 2.16. The zero-order valence-electron chi connectivity index (χ0n) is 23.4. The first-order valence-electron chi connectivity index (χ1n) is 13.9. The number of hydrogen-bond donors (Lipinski definition) is 1. The summed E-state index contributed by atoms with van der Waals surface area (Å²) in [6, 6.07) is 18.3. The van der Waals surface area contributed by atoms with Crippen LogP contribution in [-0.2, 0) is 30.7 Å². The first kappa shape index (κ1) is 28.7. The molecule has 206 valence electrons. The van der Waals surface area contributed by atoms with Crippen molar-refractivity contribution in [3.8, 4) is 5.75 Å². The molecule has 7 heteroatoms. The van der Waals surface area contributed by atoms with Crippen LogP contribution in [0.1, 0.15) is 56.5 Å². The third kappa shape index (κ3) is 9.13. The number of methoxy groups -OCH3 is 1. The fourth-order valence-electron chi connectivity index (χ4n) is 4.93. The topological polar surface area (TPSA) is 69.0 Å². The zero-order chi connectivity index (χ0) is 27.5. The number of thioether (sulfide) groups is 1. The van der Waals surface area contributed by atoms with Crippen molar-refractivity contribution >= 4 is 17.7 Å². The predicted octanol–water partition coefficient (Wildman–Crippen LogP) is 6.56. The van der Waals surface area contributed by atoms with Crippen molar-refractivity contribution in [2.24, 2.45) is 5.92 Å². The van der Waals surface area contributed by atoms with E-state index in [1.165, 1.54) is 16.7 Å². The highest BCUT2D eigenvalue weighted by Crippen LogP contribution is 2.28. The molecule has 3 aromatic rings. The van der Waals surface area contributed by atoms with Crippen LogP contribution in [0.25, 0.3) is 0 Å². The quantitative estimate of drug-likeness (QED) is 0.184. The third-order valence-electron chi connectivity index (χ3n) is 6.91. The van der Waals surface area contributed by atoms with Gasteiger partial charge in [0.15, 0.2) is 5.16 Å². The summed E-state index contributed by atoms with van der Waals surface area (Å²) in [5.74, 6) is 3.43. The van der Waals surface area contributed by atoms with Crippen LogP contribution in [0.5, 0.6) is 5.75 Å². The molecule has 1 aliphatic rings. The third-order valence-corrected chi connectivity index (χ3v) is 7.99. The van der Waals surface area contributed by atoms with Gasteiger partial charge in [-0.1, -0.05) is 84.4 Å². The van der Waals surface area contributed by atoms with E-state index in [0.29, 0.717) is 18.9 Å². The molecule has 1 aliphatic carbocycles. The maximum absolute atomic E-state index is 12.4. The van der Waals surface area contributed by atoms with Crippen molar-refractivity contribution in [1.29, 1.82) is 0 Å². The lowest BCUT2D eigenvalue weighted by Gasteiger charge is -2.17. The number of ether oxygens (including phenoxy) is 1. The molecule has 0 bridgehead atoms. The van der Waals surface area contributed by atoms with Gasteiger partial charge in [0.2, 0.25) is 5.91 Å². The van der Waals surface area contributed by atoms with Crippen LogP contribution in [-0.4, -0.2) is 33.5 Å². The van der Waals surface area contributed by atoms with Gasteiger partial charge < -0.3 is 14.6 Å². The molecule has 1 N–H and O–H groups in total. The zero-order valence-corrected chi connectivity index (χ0v) is 24.2. The normalized spacial score (nSPS) is 15.0. The van der Waals surface area contributed by atoms with Crippen LogP contribution in [0.15, 0.2) is 83.1 Å². The fourth-order valence-corrected chi connectivity index (χ4v) is 5.90. The van der Waals surface area contributed by atoms with Gasteiger partial charge >= 0.3 is 0 Å². The number of amides is 1. The number of aryl methyl sites for hydroxylation is 2. The Kier molecular flexibility index (Phi) is 10.8. The summed E-state index contributed by atoms with van der Waals surface area (Å²) in [6.07, 6.45) is 9.75. The lowest BCUT2D eigenvalue weighted by Crippen LogP contribution is -2.22. The van der Waals surface area contributed by atoms with Crippen molar-refractivity contribution < 1.29 is 9.53 Å². The van der Waals surface area contributed by atoms with Gasteiger partial charge in [-0.3, -0.25) is 4.79 Å². The molecule has 0 fully saturated rings. The number of aromatic nitrogens is 3. The number of carbonyl (C=O) groups excluding carboxylic acids is 1. The van der Waals surface area contributed by atoms with Gasteiger partial charge in [-0.25, -0.2) is 0 Å². The highest BCUT2D eigenvalue weighted by atomic mass is 32.2. The lowest BCUT2D eigenvalue weighted by atomic mass is 9.93. The van der Waals surface area contributed by atoms with E-state index in [9.17, 15) is 4.79 Å². The number of unbranched alkanes of at least 4 members (excludes halogenated alkanes) is 1. The highest BCUT2D eigenvalue weighted by molar-refractivity contribution is 7.99. The van der Waals surface area contributed by atoms with Crippen LogP contribution < -0.4 is 10.1 Å². The van der Waals surface area contributed by atoms with Crippen molar-refractivity contribution in [3.63, 3.8) is 0 Å². The first-order valence-corrected chi connectivity index (χ1v) is 14.8. The van der Waals surface area contributed by atoms with Crippen LogP contribution >= 0.6 is 11.8 Å². The second-order valence-corrected chi connectivity index (χ2v) is 11.2. The Morgan fingerprint density at radius 3 is 2.59 bits per heavy atom. The SMILES string of the molecule is COc1ccc(CNC(=O)CCCCc2nnc(SCC3=CC(C)=CC(C)C3)n2CCc2ccccc2)cc1. The number of nitrogens with one attached hydrogen (secondary N) is 1. The van der Waals surface area contributed by atoms with Gasteiger partial charge in [-0.2, -0.15) is 0 Å². The number of hydrogen-bond acceptors (Lipinski definition) is 5. The molecule has 1 amide bonds. The van der Waals surface area contributed by atoms with Gasteiger partial charge in [-0.15, -0.1) is 10.2 Å². The van der Waals surface area contributed by atoms with Gasteiger partial charge in [-0.05, 0) is 61.8 Å². The average Bonchev–Trinajstić information content (AvgIpc) is 3.33. The Labute approximate surface area is 237 Å². The average molecular weight is 545 g/mol. The molecule has 1 heterocycles. The molecule has 1 unspecified atom stereocenters. The summed E-state index contributed by atoms with van der Waals surface area (Å²) >= 11 is 1.79. The van der Waals surface area contributed by atoms with E-state index in [1.807, 2.05) is 24.3 Å². The molecule has 4 rings (SSSR count). The standard InChI is InChI=1S/C32H40N4O2S/c1-24-19-25(2)21-28(20-24)23-39-32-35-34-30(36(32)18-17-26-9-5-4-6-10-26)11-7-8-12-31(37)33-22-27-13-15-29(38-3)16-14-27/h4-6,9-10,13-16,19-20,25H,7-8,11-12,17-18,21-23H2,1-3H3,(H,33,37). The summed E-state index contributed by atoms with van der Waals surface area (Å²) in [7, 11) is 1.65. The van der Waals surface area contributed by atoms with Crippen LogP contribution in [0.2, 0.25) is 0 Å². The van der Waals surface area contributed by atoms with E-state index in [0.717, 1.165) is 66.7 Å². The minimum absolute atomic E-state index is 0.0759. The minimum atomic E-state index is 0.0759. The molecule has 1 atom stereocenters. The summed E-state index contributed by atoms with van der Waals surface area (Å²) in [5.41, 5.74) is 5.19. The lowest BCUT2D eigenvalue weighted by molar-refractivity contribution is -0.121. The number of nitrogens with zero attached hydrogens (tertiary/aromatic N) is 3. The van der Waals surface area contributed by atoms with Crippen molar-refractivity contribution in [3.05, 3.63) is 94.8 Å². The van der Waals surface area contributed by atoms with E-state index in [1.54, 1.807) is 18.9 Å². The summed E-state index contributed by atoms with van der Waals surface area (Å²) in [6.45, 7) is 5.84. The number of carbonyl (C=O) groups is 1. The summed E-state index contributed by atoms with van der Waals surface area (Å²) < 4.78 is 7.48. The van der Waals surface area contributed by atoms with Crippen molar-refractivity contribution in [2.75, 3.05) is 12.9 Å². The van der Waals surface area contributed by atoms with E-state index < -0.39 is 0 Å². The van der Waals surface area contributed by atoms with Gasteiger partial charge in [0.05, 0.1) is 7.11 Å². The van der Waals surface area contributed by atoms with Gasteiger partial charge in [0, 0.05) is 31.7 Å². The summed E-state index contributed by atoms with van der Waals surface area (Å²) in [4.78, 5) is 12.4. The fraction of sp³-hybridized carbons (Fsp3) is 0.406. The van der Waals surface area contributed by atoms with Crippen LogP contribution in [0.3, 0.4) is 0 Å². The molecule has 0 radical (unpaired) electrons. The van der Waals surface area contributed by atoms with Crippen molar-refractivity contribution in [2.45, 2.75) is 70.6 Å². The summed E-state index contributed by atoms with van der Waals surface area (Å²) in [5, 5.41) is 13.2. The Morgan fingerprint density at radius 2 is 1.85 bits per heavy atom. The first-order chi connectivity index (χ1) is 19.0. The smallest absolute Gasteiger partial charge is 0.220 e. The second-order valence-electron chi connectivity index (χ2n) is 10.3. The molecule has 0 aliphatic heterocycles. The molecule has 2 aromatic carbocycles. The maximum Gasteiger partial charge on any atom is 0.220 e. The monoisotopic (exact) mass is 544 g/mol. The molecular formula is C32H40N4O2S. The Bertz CT molecular complexity index is 1270. The number of allylic oxidation sites excluding steroid dienone is 3. The van der Waals surface area contributed by atoms with Crippen LogP contribution in [0.4, 0.5) is 0 Å². The molecular weight excluding hydrogens is 504 g/mol. The molecule has 0 saturated carbocycles. The molecule has 0 saturated heterocycles. The Balaban J connectivity index is 1.29. The van der Waals surface area contributed by atoms with E-state index in [4.69, 9.17) is 4.74 Å². The maximum atomic E-state index is 12.4. The second kappa shape index (κ2) is 14.7. The predicted molar refractivity (Wildman–Crippen MR) is 159 cm³/mol. The van der Waals surface area contributed by atoms with E-state index in [-0.39, 0.29) is 5.91 Å². The molecule has 1 aromatic heterocycles. The van der Waals surface area contributed by atoms with Crippen LogP contribution in [0, 0.1) is 5.92 Å². The van der Waals surface area contributed by atoms with E-state index in [2.05, 4.69) is 76.4 Å². The Hall–Kier alpha value is -3.32. The minimum Gasteiger partial charge on any atom is -0.497 e. The van der Waals surface area contributed by atoms with E-state index >= 15 is 0 Å². The Morgan fingerprint density at radius 1 is 1.05 bits per heavy atom. The van der Waals surface area contributed by atoms with Gasteiger partial charge in [0.25, 0.3) is 0 Å². The molecule has 0 spiro atoms. The van der Waals surface area contributed by atoms with Gasteiger partial charge in [0.1, 0.15) is 11.6 Å². The molecule has 6 nitrogen and oxygen atoms in total. The largest absolute Gasteiger partial charge is 0.497 e. The number of benzene rings is 2. The molecule has 39 heavy (non-hydrogen) atoms. The van der Waals surface area contributed by atoms with Crippen molar-refractivity contribution in [1.82, 2.24) is 20.1 Å². The number of rotatable bonds is 14.